The molecule has 0 saturated heterocycles. The van der Waals surface area contributed by atoms with E-state index in [1.54, 1.807) is 0 Å². The Bertz CT molecular complexity index is 416. The minimum Gasteiger partial charge on any atom is -0.499 e. The predicted molar refractivity (Wildman–Crippen MR) is 85.5 cm³/mol. The summed E-state index contributed by atoms with van der Waals surface area (Å²) in [5, 5.41) is 0. The molecule has 1 rings (SSSR count). The van der Waals surface area contributed by atoms with Gasteiger partial charge in [-0.1, -0.05) is 59.7 Å². The fourth-order valence-corrected chi connectivity index (χ4v) is 7.98. The van der Waals surface area contributed by atoms with Gasteiger partial charge in [0.25, 0.3) is 8.32 Å². The number of benzene rings is 1. The molecule has 1 aromatic carbocycles. The van der Waals surface area contributed by atoms with E-state index in [2.05, 4.69) is 53.6 Å². The molecule has 0 aliphatic heterocycles. The molecule has 1 aromatic rings. The highest BCUT2D eigenvalue weighted by atomic mass is 28.4. The van der Waals surface area contributed by atoms with E-state index >= 15 is 0 Å². The van der Waals surface area contributed by atoms with E-state index < -0.39 is 8.32 Å². The Kier molecular flexibility index (Phi) is 5.69. The summed E-state index contributed by atoms with van der Waals surface area (Å²) in [6.07, 6.45) is 3.00. The standard InChI is InChI=1S/C17H26OSi/c1-14(2)19(15(3)4,16(5)6)18-13-12-17-10-8-7-9-11-17/h7-11,14-16H,1-6H3. The van der Waals surface area contributed by atoms with Crippen molar-refractivity contribution in [3.05, 3.63) is 35.9 Å². The van der Waals surface area contributed by atoms with Gasteiger partial charge in [0, 0.05) is 5.56 Å². The monoisotopic (exact) mass is 274 g/mol. The minimum absolute atomic E-state index is 0.567. The summed E-state index contributed by atoms with van der Waals surface area (Å²) in [5.74, 6) is 3.13. The van der Waals surface area contributed by atoms with Crippen molar-refractivity contribution in [1.29, 1.82) is 0 Å². The van der Waals surface area contributed by atoms with Crippen LogP contribution in [-0.2, 0) is 4.43 Å². The topological polar surface area (TPSA) is 9.23 Å². The van der Waals surface area contributed by atoms with Crippen LogP contribution >= 0.6 is 0 Å². The lowest BCUT2D eigenvalue weighted by Crippen LogP contribution is -2.46. The summed E-state index contributed by atoms with van der Waals surface area (Å²) >= 11 is 0. The van der Waals surface area contributed by atoms with Gasteiger partial charge in [-0.25, -0.2) is 0 Å². The third kappa shape index (κ3) is 3.64. The SMILES string of the molecule is CC(C)[Si](OC#Cc1ccccc1)(C(C)C)C(C)C. The van der Waals surface area contributed by atoms with Crippen LogP contribution in [-0.4, -0.2) is 8.32 Å². The average molecular weight is 274 g/mol. The van der Waals surface area contributed by atoms with Gasteiger partial charge in [-0.05, 0) is 34.7 Å². The Morgan fingerprint density at radius 1 is 0.842 bits per heavy atom. The zero-order chi connectivity index (χ0) is 14.5. The maximum absolute atomic E-state index is 6.20. The molecule has 0 aromatic heterocycles. The summed E-state index contributed by atoms with van der Waals surface area (Å²) in [5.41, 5.74) is 2.72. The number of hydrogen-bond donors (Lipinski definition) is 0. The summed E-state index contributed by atoms with van der Waals surface area (Å²) in [7, 11) is -1.86. The van der Waals surface area contributed by atoms with Gasteiger partial charge in [-0.15, -0.1) is 0 Å². The van der Waals surface area contributed by atoms with Gasteiger partial charge in [0.15, 0.2) is 0 Å². The van der Waals surface area contributed by atoms with E-state index in [0.29, 0.717) is 16.6 Å². The third-order valence-electron chi connectivity index (χ3n) is 3.90. The molecular formula is C17H26OSi. The van der Waals surface area contributed by atoms with Gasteiger partial charge in [0.1, 0.15) is 6.11 Å². The molecule has 2 heteroatoms. The molecule has 19 heavy (non-hydrogen) atoms. The molecule has 0 aliphatic carbocycles. The van der Waals surface area contributed by atoms with E-state index in [9.17, 15) is 0 Å². The van der Waals surface area contributed by atoms with E-state index in [-0.39, 0.29) is 0 Å². The first-order chi connectivity index (χ1) is 8.91. The van der Waals surface area contributed by atoms with Crippen molar-refractivity contribution in [2.24, 2.45) is 0 Å². The van der Waals surface area contributed by atoms with Crippen LogP contribution in [0.1, 0.15) is 47.1 Å². The lowest BCUT2D eigenvalue weighted by Gasteiger charge is -2.39. The molecule has 0 saturated carbocycles. The minimum atomic E-state index is -1.86. The highest BCUT2D eigenvalue weighted by molar-refractivity contribution is 6.77. The molecule has 0 N–H and O–H groups in total. The van der Waals surface area contributed by atoms with Crippen molar-refractivity contribution in [3.8, 4) is 12.0 Å². The Morgan fingerprint density at radius 3 is 1.74 bits per heavy atom. The lowest BCUT2D eigenvalue weighted by atomic mass is 10.2. The summed E-state index contributed by atoms with van der Waals surface area (Å²) in [4.78, 5) is 0. The summed E-state index contributed by atoms with van der Waals surface area (Å²) < 4.78 is 6.20. The van der Waals surface area contributed by atoms with Gasteiger partial charge in [0.05, 0.1) is 0 Å². The van der Waals surface area contributed by atoms with E-state index in [1.165, 1.54) is 0 Å². The Balaban J connectivity index is 2.95. The zero-order valence-electron chi connectivity index (χ0n) is 13.0. The van der Waals surface area contributed by atoms with Crippen molar-refractivity contribution in [2.75, 3.05) is 0 Å². The largest absolute Gasteiger partial charge is 0.499 e. The second-order valence-electron chi connectivity index (χ2n) is 6.01. The zero-order valence-corrected chi connectivity index (χ0v) is 14.0. The molecule has 104 valence electrons. The summed E-state index contributed by atoms with van der Waals surface area (Å²) in [6.45, 7) is 13.6. The van der Waals surface area contributed by atoms with Gasteiger partial charge >= 0.3 is 0 Å². The van der Waals surface area contributed by atoms with Crippen molar-refractivity contribution in [3.63, 3.8) is 0 Å². The van der Waals surface area contributed by atoms with Crippen molar-refractivity contribution in [1.82, 2.24) is 0 Å². The Labute approximate surface area is 119 Å². The van der Waals surface area contributed by atoms with Crippen LogP contribution in [0.15, 0.2) is 30.3 Å². The maximum Gasteiger partial charge on any atom is 0.272 e. The quantitative estimate of drug-likeness (QED) is 0.542. The van der Waals surface area contributed by atoms with Gasteiger partial charge in [-0.2, -0.15) is 0 Å². The molecule has 0 heterocycles. The lowest BCUT2D eigenvalue weighted by molar-refractivity contribution is 0.447. The molecule has 0 radical (unpaired) electrons. The Hall–Kier alpha value is -1.20. The third-order valence-corrected chi connectivity index (χ3v) is 9.77. The first kappa shape index (κ1) is 15.9. The average Bonchev–Trinajstić information content (AvgIpc) is 2.34. The van der Waals surface area contributed by atoms with Crippen molar-refractivity contribution < 1.29 is 4.43 Å². The van der Waals surface area contributed by atoms with Crippen LogP contribution in [0.3, 0.4) is 0 Å². The smallest absolute Gasteiger partial charge is 0.272 e. The van der Waals surface area contributed by atoms with E-state index in [4.69, 9.17) is 4.43 Å². The number of rotatable bonds is 4. The summed E-state index contributed by atoms with van der Waals surface area (Å²) in [6, 6.07) is 10.0. The predicted octanol–water partition coefficient (Wildman–Crippen LogP) is 5.19. The first-order valence-electron chi connectivity index (χ1n) is 7.15. The second kappa shape index (κ2) is 6.82. The highest BCUT2D eigenvalue weighted by Gasteiger charge is 2.46. The molecular weight excluding hydrogens is 248 g/mol. The molecule has 0 fully saturated rings. The molecule has 0 bridgehead atoms. The van der Waals surface area contributed by atoms with Gasteiger partial charge in [-0.3, -0.25) is 0 Å². The Morgan fingerprint density at radius 2 is 1.32 bits per heavy atom. The fourth-order valence-electron chi connectivity index (χ4n) is 3.05. The second-order valence-corrected chi connectivity index (χ2v) is 11.4. The molecule has 0 spiro atoms. The van der Waals surface area contributed by atoms with Crippen molar-refractivity contribution >= 4 is 8.32 Å². The van der Waals surface area contributed by atoms with Gasteiger partial charge < -0.3 is 4.43 Å². The van der Waals surface area contributed by atoms with E-state index in [0.717, 1.165) is 5.56 Å². The normalized spacial score (nSPS) is 11.6. The van der Waals surface area contributed by atoms with Crippen LogP contribution in [0.25, 0.3) is 0 Å². The van der Waals surface area contributed by atoms with Crippen LogP contribution in [0.4, 0.5) is 0 Å². The fraction of sp³-hybridized carbons (Fsp3) is 0.529. The van der Waals surface area contributed by atoms with Crippen LogP contribution in [0.5, 0.6) is 0 Å². The van der Waals surface area contributed by atoms with Gasteiger partial charge in [0.2, 0.25) is 0 Å². The van der Waals surface area contributed by atoms with Crippen molar-refractivity contribution in [2.45, 2.75) is 58.2 Å². The highest BCUT2D eigenvalue weighted by Crippen LogP contribution is 2.41. The van der Waals surface area contributed by atoms with Crippen LogP contribution < -0.4 is 0 Å². The molecule has 0 amide bonds. The maximum atomic E-state index is 6.20. The molecule has 0 unspecified atom stereocenters. The first-order valence-corrected chi connectivity index (χ1v) is 9.29. The number of hydrogen-bond acceptors (Lipinski definition) is 1. The molecule has 0 aliphatic rings. The van der Waals surface area contributed by atoms with E-state index in [1.807, 2.05) is 30.3 Å². The van der Waals surface area contributed by atoms with Crippen LogP contribution in [0.2, 0.25) is 16.6 Å². The molecule has 0 atom stereocenters. The van der Waals surface area contributed by atoms with Crippen LogP contribution in [0, 0.1) is 12.0 Å². The molecule has 1 nitrogen and oxygen atoms in total.